The van der Waals surface area contributed by atoms with Gasteiger partial charge in [-0.15, -0.1) is 11.8 Å². The molecule has 0 atom stereocenters. The van der Waals surface area contributed by atoms with Crippen LogP contribution in [-0.2, 0) is 4.74 Å². The van der Waals surface area contributed by atoms with E-state index in [2.05, 4.69) is 382 Å². The molecule has 0 saturated heterocycles. The first-order valence-electron chi connectivity index (χ1n) is 33.7. The molecule has 2 heteroatoms. The van der Waals surface area contributed by atoms with Gasteiger partial charge >= 0.3 is 0 Å². The standard InChI is InChI=1S/C10H16.C10H18.C9H16O.C9H14.3C9H16.C8H14O.C8H14.C7H12.CH4/c1-9(2,3)5-6-10(4)7-8-10;1-9(2,3)7-8-10(4,5)6;1-8(2,3)6-7-9(4,5)10;1-9(2,3)7-6-8-4-5-8;3*1-8(2)6-7-9(3,4)5;1-8(2,3)6-5-7-9-4;1-5-6-7-8(2,3)4;1-5-6-7(2,3)4;/h7-8H2,1-4H3;1-6H3;10H,1-5H3;8H,4-5H2,1-3H3;3*8H,1-5H3;7H2,1-4H3;5H2,1-4H3;1-4H3;1H4. The lowest BCUT2D eigenvalue weighted by Gasteiger charge is -2.12. The fourth-order valence-electron chi connectivity index (χ4n) is 4.10. The fraction of sp³-hybridized carbons (Fsp3) is 0.775. The Morgan fingerprint density at radius 3 is 0.769 bits per heavy atom. The molecule has 0 heterocycles. The van der Waals surface area contributed by atoms with Crippen LogP contribution in [0.4, 0.5) is 0 Å². The highest BCUT2D eigenvalue weighted by molar-refractivity contribution is 5.21. The Balaban J connectivity index is -0.000000117. The Morgan fingerprint density at radius 1 is 0.374 bits per heavy atom. The van der Waals surface area contributed by atoms with E-state index in [0.717, 1.165) is 12.3 Å². The molecule has 0 bridgehead atoms. The van der Waals surface area contributed by atoms with Crippen LogP contribution in [0.2, 0.25) is 0 Å². The number of aliphatic hydroxyl groups is 1. The third-order valence-electron chi connectivity index (χ3n) is 8.55. The van der Waals surface area contributed by atoms with Gasteiger partial charge in [0.1, 0.15) is 12.2 Å². The lowest BCUT2D eigenvalue weighted by atomic mass is 9.92. The van der Waals surface area contributed by atoms with Gasteiger partial charge in [0, 0.05) is 102 Å². The summed E-state index contributed by atoms with van der Waals surface area (Å²) in [6.07, 6.45) is 6.25. The number of hydrogen-bond donors (Lipinski definition) is 1. The molecule has 0 aromatic heterocycles. The Labute approximate surface area is 577 Å². The Bertz CT molecular complexity index is 2290. The van der Waals surface area contributed by atoms with Crippen molar-refractivity contribution in [1.82, 2.24) is 0 Å². The molecule has 0 aromatic rings. The molecule has 2 fully saturated rings. The predicted molar refractivity (Wildman–Crippen MR) is 417 cm³/mol. The van der Waals surface area contributed by atoms with Gasteiger partial charge < -0.3 is 9.84 Å². The monoisotopic (exact) mass is 1260 g/mol. The lowest BCUT2D eigenvalue weighted by molar-refractivity contribution is 0.143. The van der Waals surface area contributed by atoms with Gasteiger partial charge in [-0.25, -0.2) is 0 Å². The van der Waals surface area contributed by atoms with Crippen LogP contribution in [0.5, 0.6) is 0 Å². The smallest absolute Gasteiger partial charge is 0.119 e. The highest BCUT2D eigenvalue weighted by Crippen LogP contribution is 2.44. The first-order valence-corrected chi connectivity index (χ1v) is 33.7. The molecule has 0 amide bonds. The highest BCUT2D eigenvalue weighted by Gasteiger charge is 2.35. The predicted octanol–water partition coefficient (Wildman–Crippen LogP) is 25.1. The van der Waals surface area contributed by atoms with Crippen LogP contribution in [0.25, 0.3) is 0 Å². The average molecular weight is 1260 g/mol. The highest BCUT2D eigenvalue weighted by atomic mass is 16.5. The fourth-order valence-corrected chi connectivity index (χ4v) is 4.10. The van der Waals surface area contributed by atoms with Crippen LogP contribution in [0, 0.1) is 207 Å². The van der Waals surface area contributed by atoms with Gasteiger partial charge in [0.2, 0.25) is 0 Å². The van der Waals surface area contributed by atoms with Gasteiger partial charge in [-0.05, 0) is 282 Å². The van der Waals surface area contributed by atoms with E-state index >= 15 is 0 Å². The van der Waals surface area contributed by atoms with Gasteiger partial charge in [0.25, 0.3) is 0 Å². The summed E-state index contributed by atoms with van der Waals surface area (Å²) >= 11 is 0. The topological polar surface area (TPSA) is 29.5 Å². The third-order valence-corrected chi connectivity index (χ3v) is 8.55. The number of methoxy groups -OCH3 is 1. The van der Waals surface area contributed by atoms with Gasteiger partial charge in [-0.2, -0.15) is 0 Å². The van der Waals surface area contributed by atoms with Crippen molar-refractivity contribution in [3.8, 4) is 118 Å². The van der Waals surface area contributed by atoms with Crippen LogP contribution >= 0.6 is 0 Å². The minimum atomic E-state index is -0.854. The summed E-state index contributed by atoms with van der Waals surface area (Å²) in [6, 6.07) is 0. The van der Waals surface area contributed by atoms with Crippen LogP contribution in [-0.4, -0.2) is 24.4 Å². The summed E-state index contributed by atoms with van der Waals surface area (Å²) in [5.74, 6) is 64.4. The van der Waals surface area contributed by atoms with Crippen LogP contribution in [0.1, 0.15) is 344 Å². The van der Waals surface area contributed by atoms with E-state index in [1.54, 1.807) is 21.0 Å². The van der Waals surface area contributed by atoms with E-state index in [1.165, 1.54) is 25.7 Å². The molecule has 91 heavy (non-hydrogen) atoms. The third kappa shape index (κ3) is 148. The van der Waals surface area contributed by atoms with E-state index in [9.17, 15) is 5.11 Å². The molecule has 2 saturated carbocycles. The first kappa shape index (κ1) is 105. The zero-order valence-electron chi connectivity index (χ0n) is 68.9. The molecule has 0 radical (unpaired) electrons. The number of rotatable bonds is 1. The van der Waals surface area contributed by atoms with Crippen LogP contribution < -0.4 is 0 Å². The maximum atomic E-state index is 9.21. The largest absolute Gasteiger partial charge is 0.378 e. The molecule has 2 rings (SSSR count). The van der Waals surface area contributed by atoms with Crippen molar-refractivity contribution in [3.05, 3.63) is 0 Å². The van der Waals surface area contributed by atoms with Crippen LogP contribution in [0.15, 0.2) is 0 Å². The summed E-state index contributed by atoms with van der Waals surface area (Å²) in [7, 11) is 1.65. The molecule has 0 spiro atoms. The van der Waals surface area contributed by atoms with Gasteiger partial charge in [0.15, 0.2) is 0 Å². The zero-order valence-corrected chi connectivity index (χ0v) is 68.9. The van der Waals surface area contributed by atoms with Gasteiger partial charge in [0.05, 0.1) is 0 Å². The first-order chi connectivity index (χ1) is 39.3. The molecular weight excluding hydrogens is 1100 g/mol. The molecular formula is C89H156O2. The number of hydrogen-bond acceptors (Lipinski definition) is 2. The molecule has 2 aliphatic carbocycles. The van der Waals surface area contributed by atoms with E-state index in [-0.39, 0.29) is 67.0 Å². The summed E-state index contributed by atoms with van der Waals surface area (Å²) in [5.41, 5.74) is 1.22. The minimum Gasteiger partial charge on any atom is -0.378 e. The number of ether oxygens (including phenoxy) is 1. The van der Waals surface area contributed by atoms with E-state index in [0.29, 0.717) is 29.8 Å². The molecule has 0 aliphatic heterocycles. The van der Waals surface area contributed by atoms with E-state index < -0.39 is 5.60 Å². The molecule has 0 unspecified atom stereocenters. The van der Waals surface area contributed by atoms with Crippen molar-refractivity contribution < 1.29 is 9.84 Å². The Hall–Kier alpha value is -4.48. The molecule has 2 aliphatic rings. The van der Waals surface area contributed by atoms with Crippen molar-refractivity contribution in [2.45, 2.75) is 350 Å². The van der Waals surface area contributed by atoms with Gasteiger partial charge in [-0.1, -0.05) is 162 Å². The normalized spacial score (nSPS) is 12.7. The van der Waals surface area contributed by atoms with E-state index in [4.69, 9.17) is 4.74 Å². The van der Waals surface area contributed by atoms with Gasteiger partial charge in [-0.3, -0.25) is 0 Å². The van der Waals surface area contributed by atoms with Crippen molar-refractivity contribution in [1.29, 1.82) is 0 Å². The van der Waals surface area contributed by atoms with E-state index in [1.807, 2.05) is 27.7 Å². The summed E-state index contributed by atoms with van der Waals surface area (Å²) < 4.78 is 4.76. The Kier molecular flexibility index (Phi) is 55.8. The molecule has 1 N–H and O–H groups in total. The second-order valence-corrected chi connectivity index (χ2v) is 36.7. The quantitative estimate of drug-likeness (QED) is 0.265. The zero-order chi connectivity index (χ0) is 73.9. The maximum absolute atomic E-state index is 9.21. The minimum absolute atomic E-state index is 0. The summed E-state index contributed by atoms with van der Waals surface area (Å²) in [5, 5.41) is 9.21. The van der Waals surface area contributed by atoms with Crippen molar-refractivity contribution in [3.63, 3.8) is 0 Å². The second kappa shape index (κ2) is 48.3. The summed E-state index contributed by atoms with van der Waals surface area (Å²) in [6.45, 7) is 92.6. The lowest BCUT2D eigenvalue weighted by Crippen LogP contribution is -2.16. The maximum Gasteiger partial charge on any atom is 0.119 e. The second-order valence-electron chi connectivity index (χ2n) is 36.7. The molecule has 0 aromatic carbocycles. The average Bonchev–Trinajstić information content (AvgIpc) is 4.24. The van der Waals surface area contributed by atoms with Crippen molar-refractivity contribution in [2.75, 3.05) is 13.7 Å². The Morgan fingerprint density at radius 2 is 0.626 bits per heavy atom. The molecule has 2 nitrogen and oxygen atoms in total. The van der Waals surface area contributed by atoms with Crippen LogP contribution in [0.3, 0.4) is 0 Å². The van der Waals surface area contributed by atoms with Crippen molar-refractivity contribution >= 4 is 0 Å². The SMILES string of the molecule is C.CC#CC(C)(C)C.CC(C)(C)C#CC(C)(C)C.CC(C)(C)C#CC(C)(C)O.CC(C)(C)C#CC1(C)CC1.CC(C)(C)C#CC1CC1.CC(C)C#CC(C)(C)C.CC(C)C#CC(C)(C)C.CC(C)C#CC(C)(C)C.CCC#CC(C)(C)C.COCC#CC(C)(C)C. The molecule has 524 valence electrons. The summed E-state index contributed by atoms with van der Waals surface area (Å²) in [4.78, 5) is 0. The van der Waals surface area contributed by atoms with Crippen molar-refractivity contribution in [2.24, 2.45) is 88.7 Å².